The normalized spacial score (nSPS) is 9.86. The number of urea groups is 1. The van der Waals surface area contributed by atoms with Gasteiger partial charge in [0.2, 0.25) is 0 Å². The van der Waals surface area contributed by atoms with E-state index in [4.69, 9.17) is 4.74 Å². The fourth-order valence-electron chi connectivity index (χ4n) is 1.90. The van der Waals surface area contributed by atoms with Crippen LogP contribution in [0, 0.1) is 0 Å². The number of carbonyl (C=O) groups is 1. The number of methoxy groups -OCH3 is 1. The maximum atomic E-state index is 12.0. The molecule has 0 saturated carbocycles. The highest BCUT2D eigenvalue weighted by molar-refractivity contribution is 7.62. The summed E-state index contributed by atoms with van der Waals surface area (Å²) in [5.41, 5.74) is 1.39. The monoisotopic (exact) mass is 318 g/mol. The number of carbonyl (C=O) groups excluding carboxylic acids is 1. The zero-order valence-electron chi connectivity index (χ0n) is 11.8. The van der Waals surface area contributed by atoms with Crippen LogP contribution in [-0.4, -0.2) is 21.6 Å². The fraction of sp³-hybridized carbons (Fsp3) is 0.133. The van der Waals surface area contributed by atoms with Crippen molar-refractivity contribution in [2.45, 2.75) is 6.54 Å². The highest BCUT2D eigenvalue weighted by Gasteiger charge is 2.16. The van der Waals surface area contributed by atoms with E-state index in [0.717, 1.165) is 5.56 Å². The molecule has 2 aromatic rings. The molecule has 0 N–H and O–H groups in total. The molecule has 0 unspecified atom stereocenters. The lowest BCUT2D eigenvalue weighted by Gasteiger charge is -2.20. The predicted octanol–water partition coefficient (Wildman–Crippen LogP) is 2.88. The number of nitrogens with zero attached hydrogens (tertiary/aromatic N) is 2. The summed E-state index contributed by atoms with van der Waals surface area (Å²) in [6.45, 7) is 0.202. The van der Waals surface area contributed by atoms with Crippen LogP contribution in [0.25, 0.3) is 0 Å². The minimum Gasteiger partial charge on any atom is -0.497 e. The van der Waals surface area contributed by atoms with Crippen LogP contribution >= 0.6 is 0 Å². The maximum absolute atomic E-state index is 12.0. The largest absolute Gasteiger partial charge is 0.497 e. The fourth-order valence-corrected chi connectivity index (χ4v) is 2.13. The summed E-state index contributed by atoms with van der Waals surface area (Å²) in [4.78, 5) is 13.3. The van der Waals surface area contributed by atoms with Gasteiger partial charge in [-0.15, -0.1) is 0 Å². The first-order valence-electron chi connectivity index (χ1n) is 6.41. The second-order valence-corrected chi connectivity index (χ2v) is 4.98. The Hall–Kier alpha value is -2.67. The first-order valence-corrected chi connectivity index (χ1v) is 7.44. The third-order valence-corrected chi connectivity index (χ3v) is 3.26. The van der Waals surface area contributed by atoms with E-state index in [-0.39, 0.29) is 6.54 Å². The van der Waals surface area contributed by atoms with Gasteiger partial charge in [-0.1, -0.05) is 34.7 Å². The van der Waals surface area contributed by atoms with Gasteiger partial charge in [-0.2, -0.15) is 8.42 Å². The summed E-state index contributed by atoms with van der Waals surface area (Å²) < 4.78 is 29.4. The van der Waals surface area contributed by atoms with E-state index in [1.807, 2.05) is 6.07 Å². The molecule has 0 saturated heterocycles. The predicted molar refractivity (Wildman–Crippen MR) is 82.4 cm³/mol. The smallest absolute Gasteiger partial charge is 0.363 e. The summed E-state index contributed by atoms with van der Waals surface area (Å²) in [5, 5.41) is 0. The van der Waals surface area contributed by atoms with Crippen molar-refractivity contribution in [3.05, 3.63) is 60.2 Å². The lowest BCUT2D eigenvalue weighted by atomic mass is 10.2. The Bertz CT molecular complexity index is 763. The van der Waals surface area contributed by atoms with Crippen molar-refractivity contribution in [1.82, 2.24) is 0 Å². The third kappa shape index (κ3) is 4.16. The van der Waals surface area contributed by atoms with E-state index >= 15 is 0 Å². The summed E-state index contributed by atoms with van der Waals surface area (Å²) in [6.07, 6.45) is 0. The van der Waals surface area contributed by atoms with Crippen molar-refractivity contribution in [3.63, 3.8) is 0 Å². The van der Waals surface area contributed by atoms with Crippen molar-refractivity contribution < 1.29 is 17.9 Å². The van der Waals surface area contributed by atoms with Gasteiger partial charge in [-0.25, -0.2) is 4.79 Å². The van der Waals surface area contributed by atoms with Gasteiger partial charge in [-0.05, 0) is 29.8 Å². The molecule has 0 spiro atoms. The molecule has 0 heterocycles. The molecule has 0 radical (unpaired) electrons. The van der Waals surface area contributed by atoms with E-state index in [1.54, 1.807) is 55.6 Å². The SMILES string of the molecule is COc1ccc(CN(C(=O)N=S(=O)=O)c2ccccc2)cc1. The standard InChI is InChI=1S/C15H14N2O4S/c1-21-14-9-7-12(8-10-14)11-17(15(18)16-22(19)20)13-5-3-2-4-6-13/h2-10H,11H2,1H3. The Kier molecular flexibility index (Phi) is 5.26. The van der Waals surface area contributed by atoms with E-state index < -0.39 is 16.5 Å². The average molecular weight is 318 g/mol. The number of ether oxygens (including phenoxy) is 1. The van der Waals surface area contributed by atoms with Crippen molar-refractivity contribution in [1.29, 1.82) is 0 Å². The summed E-state index contributed by atoms with van der Waals surface area (Å²) in [5.74, 6) is 0.701. The number of para-hydroxylation sites is 1. The Labute approximate surface area is 129 Å². The molecule has 0 aromatic heterocycles. The number of anilines is 1. The second-order valence-electron chi connectivity index (χ2n) is 4.36. The van der Waals surface area contributed by atoms with Crippen molar-refractivity contribution in [3.8, 4) is 5.75 Å². The molecule has 7 heteroatoms. The Morgan fingerprint density at radius 2 is 1.73 bits per heavy atom. The Balaban J connectivity index is 2.31. The third-order valence-electron chi connectivity index (χ3n) is 2.95. The van der Waals surface area contributed by atoms with Gasteiger partial charge >= 0.3 is 16.5 Å². The highest BCUT2D eigenvalue weighted by Crippen LogP contribution is 2.19. The van der Waals surface area contributed by atoms with Gasteiger partial charge in [0.25, 0.3) is 0 Å². The van der Waals surface area contributed by atoms with Crippen LogP contribution < -0.4 is 9.64 Å². The molecule has 0 aliphatic rings. The quantitative estimate of drug-likeness (QED) is 0.868. The van der Waals surface area contributed by atoms with Gasteiger partial charge in [0.05, 0.1) is 13.7 Å². The van der Waals surface area contributed by atoms with E-state index in [2.05, 4.69) is 4.36 Å². The van der Waals surface area contributed by atoms with Crippen LogP contribution in [0.4, 0.5) is 10.5 Å². The van der Waals surface area contributed by atoms with Crippen LogP contribution in [0.2, 0.25) is 0 Å². The minimum atomic E-state index is -2.79. The zero-order chi connectivity index (χ0) is 15.9. The maximum Gasteiger partial charge on any atom is 0.363 e. The van der Waals surface area contributed by atoms with Gasteiger partial charge in [-0.3, -0.25) is 4.90 Å². The number of hydrogen-bond acceptors (Lipinski definition) is 4. The van der Waals surface area contributed by atoms with Crippen molar-refractivity contribution in [2.24, 2.45) is 4.36 Å². The first kappa shape index (κ1) is 15.7. The highest BCUT2D eigenvalue weighted by atomic mass is 32.2. The van der Waals surface area contributed by atoms with Crippen molar-refractivity contribution >= 4 is 22.2 Å². The molecule has 0 atom stereocenters. The molecule has 0 aliphatic carbocycles. The molecular formula is C15H14N2O4S. The van der Waals surface area contributed by atoms with E-state index in [9.17, 15) is 13.2 Å². The molecule has 2 aromatic carbocycles. The van der Waals surface area contributed by atoms with Crippen LogP contribution in [0.3, 0.4) is 0 Å². The van der Waals surface area contributed by atoms with Gasteiger partial charge < -0.3 is 4.74 Å². The lowest BCUT2D eigenvalue weighted by molar-refractivity contribution is 0.254. The first-order chi connectivity index (χ1) is 10.6. The second kappa shape index (κ2) is 7.37. The van der Waals surface area contributed by atoms with Crippen LogP contribution in [-0.2, 0) is 17.0 Å². The van der Waals surface area contributed by atoms with E-state index in [0.29, 0.717) is 11.4 Å². The van der Waals surface area contributed by atoms with Crippen LogP contribution in [0.15, 0.2) is 59.0 Å². The van der Waals surface area contributed by atoms with Crippen LogP contribution in [0.1, 0.15) is 5.56 Å². The summed E-state index contributed by atoms with van der Waals surface area (Å²) in [7, 11) is -1.22. The molecule has 2 rings (SSSR count). The van der Waals surface area contributed by atoms with Gasteiger partial charge in [0, 0.05) is 5.69 Å². The number of hydrogen-bond donors (Lipinski definition) is 0. The Morgan fingerprint density at radius 3 is 2.27 bits per heavy atom. The van der Waals surface area contributed by atoms with Gasteiger partial charge in [0.15, 0.2) is 0 Å². The number of rotatable bonds is 4. The van der Waals surface area contributed by atoms with Crippen LogP contribution in [0.5, 0.6) is 5.75 Å². The molecule has 0 fully saturated rings. The molecule has 22 heavy (non-hydrogen) atoms. The lowest BCUT2D eigenvalue weighted by Crippen LogP contribution is -2.27. The number of benzene rings is 2. The average Bonchev–Trinajstić information content (AvgIpc) is 2.53. The Morgan fingerprint density at radius 1 is 1.09 bits per heavy atom. The summed E-state index contributed by atoms with van der Waals surface area (Å²) in [6, 6.07) is 15.1. The molecular weight excluding hydrogens is 304 g/mol. The molecule has 0 aliphatic heterocycles. The van der Waals surface area contributed by atoms with Crippen molar-refractivity contribution in [2.75, 3.05) is 12.0 Å². The van der Waals surface area contributed by atoms with Gasteiger partial charge in [0.1, 0.15) is 5.75 Å². The molecule has 2 amide bonds. The zero-order valence-corrected chi connectivity index (χ0v) is 12.7. The van der Waals surface area contributed by atoms with E-state index in [1.165, 1.54) is 4.90 Å². The molecule has 6 nitrogen and oxygen atoms in total. The topological polar surface area (TPSA) is 76.0 Å². The molecule has 114 valence electrons. The summed E-state index contributed by atoms with van der Waals surface area (Å²) >= 11 is 0. The number of amides is 2. The minimum absolute atomic E-state index is 0.202. The molecule has 0 bridgehead atoms.